The van der Waals surface area contributed by atoms with E-state index in [4.69, 9.17) is 22.7 Å². The van der Waals surface area contributed by atoms with Crippen molar-refractivity contribution in [3.63, 3.8) is 0 Å². The van der Waals surface area contributed by atoms with Crippen LogP contribution in [0.25, 0.3) is 28.0 Å². The smallest absolute Gasteiger partial charge is 0.354 e. The highest BCUT2D eigenvalue weighted by Crippen LogP contribution is 2.34. The molecule has 10 heteroatoms. The van der Waals surface area contributed by atoms with E-state index in [2.05, 4.69) is 32.7 Å². The summed E-state index contributed by atoms with van der Waals surface area (Å²) in [4.78, 5) is 20.5. The summed E-state index contributed by atoms with van der Waals surface area (Å²) in [6.07, 6.45) is 11.1. The number of hydrogen-bond acceptors (Lipinski definition) is 5. The quantitative estimate of drug-likeness (QED) is 0.0985. The van der Waals surface area contributed by atoms with Gasteiger partial charge in [0, 0.05) is 41.8 Å². The summed E-state index contributed by atoms with van der Waals surface area (Å²) in [5, 5.41) is 15.2. The van der Waals surface area contributed by atoms with Crippen LogP contribution in [-0.2, 0) is 6.42 Å². The molecule has 0 spiro atoms. The number of aromatic amines is 1. The van der Waals surface area contributed by atoms with Crippen molar-refractivity contribution in [3.8, 4) is 16.9 Å². The molecule has 1 aliphatic carbocycles. The van der Waals surface area contributed by atoms with Gasteiger partial charge in [0.15, 0.2) is 5.82 Å². The molecule has 1 unspecified atom stereocenters. The van der Waals surface area contributed by atoms with E-state index >= 15 is 4.39 Å². The van der Waals surface area contributed by atoms with Crippen LogP contribution in [0.1, 0.15) is 75.5 Å². The molecule has 0 bridgehead atoms. The number of rotatable bonds is 11. The molecular weight excluding hydrogens is 577 g/mol. The zero-order chi connectivity index (χ0) is 30.8. The lowest BCUT2D eigenvalue weighted by Gasteiger charge is -2.31. The molecule has 1 saturated heterocycles. The number of hydrogen-bond donors (Lipinski definition) is 5. The molecule has 2 fully saturated rings. The van der Waals surface area contributed by atoms with Crippen molar-refractivity contribution in [2.45, 2.75) is 82.8 Å². The number of aromatic nitrogens is 3. The first kappa shape index (κ1) is 30.5. The third kappa shape index (κ3) is 7.06. The lowest BCUT2D eigenvalue weighted by atomic mass is 9.92. The average molecular weight is 618 g/mol. The molecule has 0 amide bonds. The molecule has 0 radical (unpaired) electrons. The zero-order valence-corrected chi connectivity index (χ0v) is 25.9. The van der Waals surface area contributed by atoms with Crippen LogP contribution < -0.4 is 22.1 Å². The van der Waals surface area contributed by atoms with Crippen molar-refractivity contribution >= 4 is 28.5 Å². The minimum Gasteiger partial charge on any atom is -0.374 e. The maximum absolute atomic E-state index is 15.2. The van der Waals surface area contributed by atoms with E-state index < -0.39 is 11.5 Å². The fraction of sp³-hybridized carbons (Fsp3) is 0.441. The first-order valence-electron chi connectivity index (χ1n) is 15.8. The Labute approximate surface area is 262 Å². The molecule has 4 aromatic rings. The van der Waals surface area contributed by atoms with E-state index in [0.29, 0.717) is 40.1 Å². The average Bonchev–Trinajstić information content (AvgIpc) is 3.78. The lowest BCUT2D eigenvalue weighted by Crippen LogP contribution is -2.39. The molecule has 6 N–H and O–H groups in total. The van der Waals surface area contributed by atoms with Crippen LogP contribution in [0.4, 0.5) is 4.39 Å². The van der Waals surface area contributed by atoms with E-state index in [1.54, 1.807) is 19.2 Å². The van der Waals surface area contributed by atoms with Gasteiger partial charge in [-0.15, -0.1) is 0 Å². The summed E-state index contributed by atoms with van der Waals surface area (Å²) in [7, 11) is 0. The van der Waals surface area contributed by atoms with Crippen LogP contribution in [0.15, 0.2) is 53.5 Å². The Bertz CT molecular complexity index is 1690. The fourth-order valence-electron chi connectivity index (χ4n) is 6.42. The third-order valence-electron chi connectivity index (χ3n) is 9.06. The Balaban J connectivity index is 1.18. The summed E-state index contributed by atoms with van der Waals surface area (Å²) in [6, 6.07) is 14.2. The highest BCUT2D eigenvalue weighted by Gasteiger charge is 2.28. The van der Waals surface area contributed by atoms with E-state index in [0.717, 1.165) is 62.7 Å². The van der Waals surface area contributed by atoms with Crippen molar-refractivity contribution in [3.05, 3.63) is 81.1 Å². The van der Waals surface area contributed by atoms with Crippen molar-refractivity contribution in [1.82, 2.24) is 25.2 Å². The largest absolute Gasteiger partial charge is 0.374 e. The molecule has 44 heavy (non-hydrogen) atoms. The number of aryl methyl sites for hydroxylation is 1. The number of amidine groups is 1. The van der Waals surface area contributed by atoms with Gasteiger partial charge in [-0.1, -0.05) is 30.2 Å². The summed E-state index contributed by atoms with van der Waals surface area (Å²) in [6.45, 7) is 2.55. The predicted molar refractivity (Wildman–Crippen MR) is 175 cm³/mol. The van der Waals surface area contributed by atoms with Gasteiger partial charge < -0.3 is 21.4 Å². The maximum Gasteiger partial charge on any atom is 0.354 e. The van der Waals surface area contributed by atoms with Gasteiger partial charge in [0.05, 0.1) is 22.2 Å². The van der Waals surface area contributed by atoms with Crippen LogP contribution in [-0.4, -0.2) is 39.0 Å². The summed E-state index contributed by atoms with van der Waals surface area (Å²) in [5.41, 5.74) is 10.00. The standard InChI is InChI=1S/C34H41ClFN7O/c1-20(37)39-15-14-25-5-3-7-30(40-25)23-10-12-26(13-11-23)43-19-24-18-31(41-33(24)42-34(43)44)27-16-21(17-28(35)32(27)36)4-2-6-29(38)22-8-9-22/h10-13,16-19,22,25,29-30,40H,2-9,14-15,38H2,1H3,(H2,37,39)(H,41,42,44)/t25-,29?,30-/m0/s1. The van der Waals surface area contributed by atoms with Gasteiger partial charge in [0.2, 0.25) is 0 Å². The number of nitrogens with two attached hydrogens (primary N) is 1. The molecule has 8 nitrogen and oxygen atoms in total. The number of benzene rings is 2. The first-order valence-corrected chi connectivity index (χ1v) is 16.1. The number of H-pyrrole nitrogens is 1. The second-order valence-electron chi connectivity index (χ2n) is 12.5. The van der Waals surface area contributed by atoms with Gasteiger partial charge in [-0.05, 0) is 106 Å². The van der Waals surface area contributed by atoms with Crippen LogP contribution in [0.2, 0.25) is 5.02 Å². The maximum atomic E-state index is 15.2. The molecule has 1 saturated carbocycles. The monoisotopic (exact) mass is 617 g/mol. The minimum atomic E-state index is -0.498. The van der Waals surface area contributed by atoms with E-state index in [-0.39, 0.29) is 17.1 Å². The van der Waals surface area contributed by atoms with Crippen LogP contribution in [0.5, 0.6) is 0 Å². The van der Waals surface area contributed by atoms with Gasteiger partial charge in [-0.2, -0.15) is 4.98 Å². The van der Waals surface area contributed by atoms with Gasteiger partial charge in [0.25, 0.3) is 0 Å². The van der Waals surface area contributed by atoms with Crippen molar-refractivity contribution in [1.29, 1.82) is 5.41 Å². The van der Waals surface area contributed by atoms with Crippen molar-refractivity contribution in [2.75, 3.05) is 6.54 Å². The molecule has 3 heterocycles. The molecule has 2 aromatic heterocycles. The fourth-order valence-corrected chi connectivity index (χ4v) is 6.67. The highest BCUT2D eigenvalue weighted by atomic mass is 35.5. The predicted octanol–water partition coefficient (Wildman–Crippen LogP) is 6.39. The zero-order valence-electron chi connectivity index (χ0n) is 25.1. The second kappa shape index (κ2) is 13.2. The first-order chi connectivity index (χ1) is 21.2. The lowest BCUT2D eigenvalue weighted by molar-refractivity contribution is 0.312. The number of halogens is 2. The third-order valence-corrected chi connectivity index (χ3v) is 9.33. The molecule has 2 aliphatic rings. The Morgan fingerprint density at radius 1 is 1.20 bits per heavy atom. The summed E-state index contributed by atoms with van der Waals surface area (Å²) < 4.78 is 16.7. The van der Waals surface area contributed by atoms with Crippen LogP contribution >= 0.6 is 11.6 Å². The Kier molecular flexibility index (Phi) is 9.16. The van der Waals surface area contributed by atoms with Crippen molar-refractivity contribution < 1.29 is 4.39 Å². The van der Waals surface area contributed by atoms with Crippen LogP contribution in [0.3, 0.4) is 0 Å². The van der Waals surface area contributed by atoms with Gasteiger partial charge in [-0.3, -0.25) is 9.98 Å². The van der Waals surface area contributed by atoms with Gasteiger partial charge in [0.1, 0.15) is 5.65 Å². The van der Waals surface area contributed by atoms with Gasteiger partial charge >= 0.3 is 5.69 Å². The van der Waals surface area contributed by atoms with E-state index in [9.17, 15) is 4.79 Å². The Hall–Kier alpha value is -3.53. The molecule has 3 atom stereocenters. The molecule has 2 aromatic carbocycles. The minimum absolute atomic E-state index is 0.0761. The Morgan fingerprint density at radius 2 is 2.00 bits per heavy atom. The molecule has 1 aliphatic heterocycles. The summed E-state index contributed by atoms with van der Waals surface area (Å²) in [5.74, 6) is 0.654. The normalized spacial score (nSPS) is 19.3. The van der Waals surface area contributed by atoms with Gasteiger partial charge in [-0.25, -0.2) is 9.18 Å². The Morgan fingerprint density at radius 3 is 2.75 bits per heavy atom. The molecule has 232 valence electrons. The highest BCUT2D eigenvalue weighted by molar-refractivity contribution is 6.31. The van der Waals surface area contributed by atoms with E-state index in [1.807, 2.05) is 24.3 Å². The van der Waals surface area contributed by atoms with Crippen molar-refractivity contribution in [2.24, 2.45) is 11.7 Å². The van der Waals surface area contributed by atoms with E-state index in [1.165, 1.54) is 23.0 Å². The SMILES string of the molecule is CC(=N)NCC[C@@H]1CCC[C@@H](c2ccc(-n3cc4cc(-c5cc(CCCC(N)C6CC6)cc(Cl)c5F)[nH]c4nc3=O)cc2)N1. The van der Waals surface area contributed by atoms with Crippen LogP contribution in [0, 0.1) is 17.1 Å². The molecule has 6 rings (SSSR count). The number of nitrogens with zero attached hydrogens (tertiary/aromatic N) is 2. The number of piperidine rings is 1. The molecular formula is C34H41ClFN7O. The number of fused-ring (bicyclic) bond motifs is 1. The second-order valence-corrected chi connectivity index (χ2v) is 12.9. The number of nitrogens with one attached hydrogen (secondary N) is 4. The topological polar surface area (TPSA) is 125 Å². The summed E-state index contributed by atoms with van der Waals surface area (Å²) >= 11 is 6.31.